The predicted octanol–water partition coefficient (Wildman–Crippen LogP) is 4.37. The van der Waals surface area contributed by atoms with Crippen molar-refractivity contribution in [3.8, 4) is 17.0 Å². The van der Waals surface area contributed by atoms with Gasteiger partial charge in [-0.05, 0) is 88.0 Å². The van der Waals surface area contributed by atoms with Gasteiger partial charge in [0.25, 0.3) is 0 Å². The van der Waals surface area contributed by atoms with Crippen molar-refractivity contribution in [2.24, 2.45) is 5.92 Å². The number of alkyl halides is 3. The molecule has 1 aromatic carbocycles. The number of aromatic hydroxyl groups is 1. The maximum Gasteiger partial charge on any atom is 0.416 e. The molecule has 1 aliphatic rings. The fourth-order valence-electron chi connectivity index (χ4n) is 4.03. The molecule has 1 heterocycles. The molecule has 0 fully saturated rings. The highest BCUT2D eigenvalue weighted by molar-refractivity contribution is 5.71. The zero-order valence-corrected chi connectivity index (χ0v) is 17.5. The van der Waals surface area contributed by atoms with Gasteiger partial charge >= 0.3 is 6.18 Å². The lowest BCUT2D eigenvalue weighted by molar-refractivity contribution is -0.137. The second-order valence-corrected chi connectivity index (χ2v) is 8.34. The third-order valence-electron chi connectivity index (χ3n) is 5.73. The van der Waals surface area contributed by atoms with Crippen molar-refractivity contribution in [2.45, 2.75) is 51.3 Å². The SMILES string of the molecule is C[C@@H](CCCN(C)C)[C@@H](O)c1nnc(-c2ccc(C(F)(F)F)cc2O)c2c1CCC2. The molecule has 0 saturated carbocycles. The van der Waals surface area contributed by atoms with E-state index in [1.807, 2.05) is 21.0 Å². The minimum Gasteiger partial charge on any atom is -0.507 e. The predicted molar refractivity (Wildman–Crippen MR) is 108 cm³/mol. The number of hydrogen-bond donors (Lipinski definition) is 2. The zero-order chi connectivity index (χ0) is 22.1. The molecule has 164 valence electrons. The van der Waals surface area contributed by atoms with E-state index in [0.29, 0.717) is 23.9 Å². The lowest BCUT2D eigenvalue weighted by Gasteiger charge is -2.22. The first-order valence-electron chi connectivity index (χ1n) is 10.2. The van der Waals surface area contributed by atoms with Crippen molar-refractivity contribution < 1.29 is 23.4 Å². The summed E-state index contributed by atoms with van der Waals surface area (Å²) in [6.45, 7) is 2.92. The summed E-state index contributed by atoms with van der Waals surface area (Å²) in [7, 11) is 4.02. The highest BCUT2D eigenvalue weighted by Gasteiger charge is 2.32. The molecular formula is C22H28F3N3O2. The first kappa shape index (κ1) is 22.5. The summed E-state index contributed by atoms with van der Waals surface area (Å²) in [5, 5.41) is 29.6. The van der Waals surface area contributed by atoms with Crippen LogP contribution in [0.4, 0.5) is 13.2 Å². The largest absolute Gasteiger partial charge is 0.507 e. The summed E-state index contributed by atoms with van der Waals surface area (Å²) in [4.78, 5) is 2.10. The average Bonchev–Trinajstić information content (AvgIpc) is 3.15. The van der Waals surface area contributed by atoms with Gasteiger partial charge in [0.2, 0.25) is 0 Å². The van der Waals surface area contributed by atoms with Crippen molar-refractivity contribution >= 4 is 0 Å². The number of aromatic nitrogens is 2. The van der Waals surface area contributed by atoms with Crippen LogP contribution in [0.2, 0.25) is 0 Å². The molecule has 0 aliphatic heterocycles. The average molecular weight is 423 g/mol. The summed E-state index contributed by atoms with van der Waals surface area (Å²) < 4.78 is 38.7. The van der Waals surface area contributed by atoms with E-state index in [0.717, 1.165) is 49.4 Å². The van der Waals surface area contributed by atoms with Crippen molar-refractivity contribution in [3.63, 3.8) is 0 Å². The molecular weight excluding hydrogens is 395 g/mol. The van der Waals surface area contributed by atoms with Crippen molar-refractivity contribution in [2.75, 3.05) is 20.6 Å². The Labute approximate surface area is 174 Å². The number of rotatable bonds is 7. The van der Waals surface area contributed by atoms with E-state index in [-0.39, 0.29) is 11.5 Å². The lowest BCUT2D eigenvalue weighted by Crippen LogP contribution is -2.18. The lowest BCUT2D eigenvalue weighted by atomic mass is 9.92. The van der Waals surface area contributed by atoms with Crippen molar-refractivity contribution in [1.29, 1.82) is 0 Å². The van der Waals surface area contributed by atoms with E-state index in [4.69, 9.17) is 0 Å². The van der Waals surface area contributed by atoms with Crippen LogP contribution in [-0.2, 0) is 19.0 Å². The van der Waals surface area contributed by atoms with Gasteiger partial charge in [0.15, 0.2) is 0 Å². The van der Waals surface area contributed by atoms with Gasteiger partial charge in [-0.2, -0.15) is 18.3 Å². The van der Waals surface area contributed by atoms with Crippen LogP contribution in [0.15, 0.2) is 18.2 Å². The van der Waals surface area contributed by atoms with Gasteiger partial charge in [0.05, 0.1) is 11.3 Å². The first-order chi connectivity index (χ1) is 14.1. The highest BCUT2D eigenvalue weighted by Crippen LogP contribution is 2.40. The fraction of sp³-hybridized carbons (Fsp3) is 0.545. The Bertz CT molecular complexity index is 900. The Morgan fingerprint density at radius 1 is 1.13 bits per heavy atom. The number of phenols is 1. The molecule has 30 heavy (non-hydrogen) atoms. The van der Waals surface area contributed by atoms with Crippen LogP contribution in [-0.4, -0.2) is 46.0 Å². The topological polar surface area (TPSA) is 69.5 Å². The van der Waals surface area contributed by atoms with Crippen molar-refractivity contribution in [3.05, 3.63) is 40.6 Å². The number of nitrogens with zero attached hydrogens (tertiary/aromatic N) is 3. The summed E-state index contributed by atoms with van der Waals surface area (Å²) >= 11 is 0. The number of halogens is 3. The Hall–Kier alpha value is -2.19. The first-order valence-corrected chi connectivity index (χ1v) is 10.2. The summed E-state index contributed by atoms with van der Waals surface area (Å²) in [6, 6.07) is 2.89. The minimum atomic E-state index is -4.53. The molecule has 5 nitrogen and oxygen atoms in total. The monoisotopic (exact) mass is 423 g/mol. The molecule has 0 saturated heterocycles. The quantitative estimate of drug-likeness (QED) is 0.692. The van der Waals surface area contributed by atoms with Gasteiger partial charge in [0, 0.05) is 5.56 Å². The van der Waals surface area contributed by atoms with E-state index >= 15 is 0 Å². The van der Waals surface area contributed by atoms with Crippen LogP contribution in [0.3, 0.4) is 0 Å². The molecule has 0 amide bonds. The van der Waals surface area contributed by atoms with Gasteiger partial charge < -0.3 is 15.1 Å². The summed E-state index contributed by atoms with van der Waals surface area (Å²) in [5.74, 6) is -0.465. The molecule has 1 aromatic heterocycles. The molecule has 2 N–H and O–H groups in total. The second-order valence-electron chi connectivity index (χ2n) is 8.34. The van der Waals surface area contributed by atoms with E-state index in [1.54, 1.807) is 0 Å². The summed E-state index contributed by atoms with van der Waals surface area (Å²) in [5.41, 5.74) is 2.03. The molecule has 8 heteroatoms. The highest BCUT2D eigenvalue weighted by atomic mass is 19.4. The van der Waals surface area contributed by atoms with Crippen LogP contribution in [0.5, 0.6) is 5.75 Å². The maximum atomic E-state index is 12.9. The number of phenolic OH excluding ortho intramolecular Hbond substituents is 1. The van der Waals surface area contributed by atoms with Crippen LogP contribution < -0.4 is 0 Å². The smallest absolute Gasteiger partial charge is 0.416 e. The molecule has 2 atom stereocenters. The van der Waals surface area contributed by atoms with Gasteiger partial charge in [-0.25, -0.2) is 0 Å². The van der Waals surface area contributed by atoms with Gasteiger partial charge in [-0.1, -0.05) is 6.92 Å². The number of fused-ring (bicyclic) bond motifs is 1. The third kappa shape index (κ3) is 4.75. The van der Waals surface area contributed by atoms with E-state index in [2.05, 4.69) is 15.1 Å². The number of hydrogen-bond acceptors (Lipinski definition) is 5. The van der Waals surface area contributed by atoms with Gasteiger partial charge in [0.1, 0.15) is 17.5 Å². The summed E-state index contributed by atoms with van der Waals surface area (Å²) in [6.07, 6.45) is -1.20. The number of benzene rings is 1. The molecule has 0 bridgehead atoms. The minimum absolute atomic E-state index is 0.00859. The van der Waals surface area contributed by atoms with Crippen LogP contribution in [0.1, 0.15) is 54.7 Å². The standard InChI is InChI=1S/C22H28F3N3O2/c1-13(6-5-11-28(2)3)21(30)20-16-8-4-7-15(16)19(26-27-20)17-10-9-14(12-18(17)29)22(23,24)25/h9-10,12-13,21,29-30H,4-8,11H2,1-3H3/t13-,21+/m0/s1. The fourth-order valence-corrected chi connectivity index (χ4v) is 4.03. The second kappa shape index (κ2) is 8.89. The Morgan fingerprint density at radius 3 is 2.47 bits per heavy atom. The van der Waals surface area contributed by atoms with E-state index in [9.17, 15) is 23.4 Å². The molecule has 0 unspecified atom stereocenters. The van der Waals surface area contributed by atoms with E-state index in [1.165, 1.54) is 6.07 Å². The molecule has 0 spiro atoms. The van der Waals surface area contributed by atoms with Gasteiger partial charge in [-0.15, -0.1) is 5.10 Å². The Balaban J connectivity index is 1.90. The zero-order valence-electron chi connectivity index (χ0n) is 17.5. The normalized spacial score (nSPS) is 16.0. The molecule has 2 aromatic rings. The molecule has 0 radical (unpaired) electrons. The molecule has 1 aliphatic carbocycles. The Morgan fingerprint density at radius 2 is 1.83 bits per heavy atom. The molecule has 3 rings (SSSR count). The third-order valence-corrected chi connectivity index (χ3v) is 5.73. The van der Waals surface area contributed by atoms with E-state index < -0.39 is 23.6 Å². The van der Waals surface area contributed by atoms with Gasteiger partial charge in [-0.3, -0.25) is 0 Å². The Kier molecular flexibility index (Phi) is 6.67. The maximum absolute atomic E-state index is 12.9. The van der Waals surface area contributed by atoms with Crippen LogP contribution in [0, 0.1) is 5.92 Å². The number of aliphatic hydroxyl groups excluding tert-OH is 1. The van der Waals surface area contributed by atoms with Crippen LogP contribution in [0.25, 0.3) is 11.3 Å². The van der Waals surface area contributed by atoms with Crippen LogP contribution >= 0.6 is 0 Å². The number of aliphatic hydroxyl groups is 1. The van der Waals surface area contributed by atoms with Crippen molar-refractivity contribution in [1.82, 2.24) is 15.1 Å².